The lowest BCUT2D eigenvalue weighted by molar-refractivity contribution is -0.140. The Kier molecular flexibility index (Phi) is 8.37. The molecule has 0 heterocycles. The molecule has 1 aliphatic carbocycles. The number of hydrogen-bond acceptors (Lipinski definition) is 3. The number of methoxy groups -OCH3 is 1. The highest BCUT2D eigenvalue weighted by Gasteiger charge is 2.25. The van der Waals surface area contributed by atoms with Gasteiger partial charge in [-0.3, -0.25) is 9.59 Å². The SMILES string of the molecule is CCC(=O)N(Cc1ccc(OC)cc1)[C@H](C)C(=O)NCCC1=CCCCC1. The fraction of sp³-hybridized carbons (Fsp3) is 0.545. The first-order chi connectivity index (χ1) is 13.0. The van der Waals surface area contributed by atoms with Crippen molar-refractivity contribution >= 4 is 11.8 Å². The number of hydrogen-bond donors (Lipinski definition) is 1. The Morgan fingerprint density at radius 1 is 1.22 bits per heavy atom. The molecule has 1 atom stereocenters. The van der Waals surface area contributed by atoms with Crippen molar-refractivity contribution in [3.8, 4) is 5.75 Å². The van der Waals surface area contributed by atoms with Crippen LogP contribution in [-0.2, 0) is 16.1 Å². The van der Waals surface area contributed by atoms with Crippen molar-refractivity contribution in [3.05, 3.63) is 41.5 Å². The van der Waals surface area contributed by atoms with Gasteiger partial charge in [0.1, 0.15) is 11.8 Å². The molecule has 1 N–H and O–H groups in total. The van der Waals surface area contributed by atoms with Crippen molar-refractivity contribution in [3.63, 3.8) is 0 Å². The Morgan fingerprint density at radius 2 is 1.96 bits per heavy atom. The summed E-state index contributed by atoms with van der Waals surface area (Å²) < 4.78 is 5.17. The van der Waals surface area contributed by atoms with Gasteiger partial charge < -0.3 is 15.0 Å². The summed E-state index contributed by atoms with van der Waals surface area (Å²) in [5.74, 6) is 0.653. The van der Waals surface area contributed by atoms with Crippen LogP contribution in [0.15, 0.2) is 35.9 Å². The van der Waals surface area contributed by atoms with Crippen LogP contribution >= 0.6 is 0 Å². The minimum Gasteiger partial charge on any atom is -0.497 e. The molecule has 0 aliphatic heterocycles. The van der Waals surface area contributed by atoms with Crippen molar-refractivity contribution in [2.75, 3.05) is 13.7 Å². The van der Waals surface area contributed by atoms with Gasteiger partial charge in [-0.1, -0.05) is 30.7 Å². The predicted molar refractivity (Wildman–Crippen MR) is 107 cm³/mol. The van der Waals surface area contributed by atoms with Gasteiger partial charge in [-0.2, -0.15) is 0 Å². The molecule has 27 heavy (non-hydrogen) atoms. The van der Waals surface area contributed by atoms with E-state index in [1.807, 2.05) is 31.2 Å². The predicted octanol–water partition coefficient (Wildman–Crippen LogP) is 3.83. The second-order valence-corrected chi connectivity index (χ2v) is 7.05. The van der Waals surface area contributed by atoms with E-state index >= 15 is 0 Å². The van der Waals surface area contributed by atoms with E-state index in [2.05, 4.69) is 11.4 Å². The molecule has 1 aromatic carbocycles. The molecule has 5 nitrogen and oxygen atoms in total. The largest absolute Gasteiger partial charge is 0.497 e. The van der Waals surface area contributed by atoms with E-state index in [9.17, 15) is 9.59 Å². The number of carbonyl (C=O) groups excluding carboxylic acids is 2. The van der Waals surface area contributed by atoms with Crippen LogP contribution < -0.4 is 10.1 Å². The van der Waals surface area contributed by atoms with Crippen molar-refractivity contribution in [1.82, 2.24) is 10.2 Å². The second kappa shape index (κ2) is 10.8. The number of allylic oxidation sites excluding steroid dienone is 1. The third kappa shape index (κ3) is 6.42. The molecule has 2 amide bonds. The van der Waals surface area contributed by atoms with E-state index in [-0.39, 0.29) is 11.8 Å². The fourth-order valence-electron chi connectivity index (χ4n) is 3.34. The minimum absolute atomic E-state index is 0.0246. The Labute approximate surface area is 162 Å². The molecule has 1 aromatic rings. The molecule has 0 spiro atoms. The molecule has 0 saturated carbocycles. The maximum Gasteiger partial charge on any atom is 0.242 e. The highest BCUT2D eigenvalue weighted by molar-refractivity contribution is 5.87. The summed E-state index contributed by atoms with van der Waals surface area (Å²) in [4.78, 5) is 26.7. The van der Waals surface area contributed by atoms with Gasteiger partial charge in [-0.25, -0.2) is 0 Å². The van der Waals surface area contributed by atoms with E-state index < -0.39 is 6.04 Å². The number of nitrogens with zero attached hydrogens (tertiary/aromatic N) is 1. The van der Waals surface area contributed by atoms with Crippen LogP contribution in [0.2, 0.25) is 0 Å². The van der Waals surface area contributed by atoms with Crippen LogP contribution in [0.4, 0.5) is 0 Å². The molecule has 5 heteroatoms. The molecule has 2 rings (SSSR count). The fourth-order valence-corrected chi connectivity index (χ4v) is 3.34. The van der Waals surface area contributed by atoms with E-state index in [0.717, 1.165) is 30.6 Å². The van der Waals surface area contributed by atoms with Crippen LogP contribution in [0, 0.1) is 0 Å². The molecule has 0 fully saturated rings. The van der Waals surface area contributed by atoms with Crippen LogP contribution in [0.1, 0.15) is 57.9 Å². The Balaban J connectivity index is 1.93. The van der Waals surface area contributed by atoms with Gasteiger partial charge in [-0.15, -0.1) is 0 Å². The third-order valence-corrected chi connectivity index (χ3v) is 5.11. The maximum atomic E-state index is 12.6. The Hall–Kier alpha value is -2.30. The summed E-state index contributed by atoms with van der Waals surface area (Å²) in [5, 5.41) is 3.00. The van der Waals surface area contributed by atoms with E-state index in [1.54, 1.807) is 18.9 Å². The number of amides is 2. The van der Waals surface area contributed by atoms with Crippen molar-refractivity contribution in [1.29, 1.82) is 0 Å². The summed E-state index contributed by atoms with van der Waals surface area (Å²) in [6.07, 6.45) is 8.39. The number of nitrogens with one attached hydrogen (secondary N) is 1. The molecular formula is C22H32N2O3. The molecule has 0 saturated heterocycles. The van der Waals surface area contributed by atoms with Crippen molar-refractivity contribution in [2.24, 2.45) is 0 Å². The highest BCUT2D eigenvalue weighted by atomic mass is 16.5. The lowest BCUT2D eigenvalue weighted by Gasteiger charge is -2.28. The smallest absolute Gasteiger partial charge is 0.242 e. The number of carbonyl (C=O) groups is 2. The first kappa shape index (κ1) is 21.0. The van der Waals surface area contributed by atoms with Crippen LogP contribution in [0.3, 0.4) is 0 Å². The summed E-state index contributed by atoms with van der Waals surface area (Å²) >= 11 is 0. The molecule has 0 radical (unpaired) electrons. The van der Waals surface area contributed by atoms with Crippen LogP contribution in [0.25, 0.3) is 0 Å². The van der Waals surface area contributed by atoms with Gasteiger partial charge in [0, 0.05) is 19.5 Å². The van der Waals surface area contributed by atoms with Gasteiger partial charge >= 0.3 is 0 Å². The number of benzene rings is 1. The second-order valence-electron chi connectivity index (χ2n) is 7.05. The van der Waals surface area contributed by atoms with Gasteiger partial charge in [0.15, 0.2) is 0 Å². The zero-order chi connectivity index (χ0) is 19.6. The Bertz CT molecular complexity index is 652. The van der Waals surface area contributed by atoms with E-state index in [4.69, 9.17) is 4.74 Å². The van der Waals surface area contributed by atoms with Crippen LogP contribution in [0.5, 0.6) is 5.75 Å². The zero-order valence-corrected chi connectivity index (χ0v) is 16.8. The average molecular weight is 373 g/mol. The normalized spacial score (nSPS) is 14.9. The topological polar surface area (TPSA) is 58.6 Å². The number of rotatable bonds is 9. The summed E-state index contributed by atoms with van der Waals surface area (Å²) in [6, 6.07) is 7.09. The van der Waals surface area contributed by atoms with Crippen molar-refractivity contribution in [2.45, 2.75) is 65.0 Å². The molecule has 0 aromatic heterocycles. The standard InChI is InChI=1S/C22H32N2O3/c1-4-21(25)24(16-19-10-12-20(27-3)13-11-19)17(2)22(26)23-15-14-18-8-6-5-7-9-18/h8,10-13,17H,4-7,9,14-16H2,1-3H3,(H,23,26)/t17-/m1/s1. The lowest BCUT2D eigenvalue weighted by atomic mass is 9.97. The van der Waals surface area contributed by atoms with Crippen molar-refractivity contribution < 1.29 is 14.3 Å². The van der Waals surface area contributed by atoms with Gasteiger partial charge in [0.2, 0.25) is 11.8 Å². The maximum absolute atomic E-state index is 12.6. The highest BCUT2D eigenvalue weighted by Crippen LogP contribution is 2.19. The molecule has 0 unspecified atom stereocenters. The van der Waals surface area contributed by atoms with E-state index in [1.165, 1.54) is 18.4 Å². The third-order valence-electron chi connectivity index (χ3n) is 5.11. The Morgan fingerprint density at radius 3 is 2.56 bits per heavy atom. The summed E-state index contributed by atoms with van der Waals surface area (Å²) in [5.41, 5.74) is 2.42. The van der Waals surface area contributed by atoms with Crippen LogP contribution in [-0.4, -0.2) is 36.4 Å². The lowest BCUT2D eigenvalue weighted by Crippen LogP contribution is -2.47. The quantitative estimate of drug-likeness (QED) is 0.670. The van der Waals surface area contributed by atoms with Gasteiger partial charge in [-0.05, 0) is 56.7 Å². The zero-order valence-electron chi connectivity index (χ0n) is 16.8. The molecular weight excluding hydrogens is 340 g/mol. The molecule has 1 aliphatic rings. The first-order valence-corrected chi connectivity index (χ1v) is 9.93. The summed E-state index contributed by atoms with van der Waals surface area (Å²) in [6.45, 7) is 4.66. The van der Waals surface area contributed by atoms with Gasteiger partial charge in [0.05, 0.1) is 7.11 Å². The summed E-state index contributed by atoms with van der Waals surface area (Å²) in [7, 11) is 1.62. The first-order valence-electron chi connectivity index (χ1n) is 9.93. The monoisotopic (exact) mass is 372 g/mol. The van der Waals surface area contributed by atoms with Gasteiger partial charge in [0.25, 0.3) is 0 Å². The number of ether oxygens (including phenoxy) is 1. The average Bonchev–Trinajstić information content (AvgIpc) is 2.72. The molecule has 0 bridgehead atoms. The van der Waals surface area contributed by atoms with E-state index in [0.29, 0.717) is 19.5 Å². The molecule has 148 valence electrons. The minimum atomic E-state index is -0.500.